The number of carbonyl (C=O) groups excluding carboxylic acids is 2. The Hall–Kier alpha value is -4.96. The maximum absolute atomic E-state index is 12.8. The Morgan fingerprint density at radius 1 is 1.02 bits per heavy atom. The first kappa shape index (κ1) is 37.9. The van der Waals surface area contributed by atoms with Crippen molar-refractivity contribution in [2.45, 2.75) is 87.6 Å². The molecule has 2 heterocycles. The minimum atomic E-state index is -0.988. The second kappa shape index (κ2) is 16.3. The number of carboxylic acid groups (broad SMARTS) is 1. The molecular weight excluding hydrogens is 703 g/mol. The van der Waals surface area contributed by atoms with E-state index in [0.717, 1.165) is 79.9 Å². The van der Waals surface area contributed by atoms with Gasteiger partial charge in [-0.05, 0) is 125 Å². The van der Waals surface area contributed by atoms with E-state index in [4.69, 9.17) is 5.73 Å². The topological polar surface area (TPSA) is 170 Å². The first-order valence-electron chi connectivity index (χ1n) is 20.7. The minimum absolute atomic E-state index is 0.000177. The zero-order valence-electron chi connectivity index (χ0n) is 32.0. The first-order chi connectivity index (χ1) is 27.3. The quantitative estimate of drug-likeness (QED) is 0.0379. The summed E-state index contributed by atoms with van der Waals surface area (Å²) in [5, 5.41) is 29.4. The van der Waals surface area contributed by atoms with Gasteiger partial charge in [0.25, 0.3) is 0 Å². The predicted molar refractivity (Wildman–Crippen MR) is 219 cm³/mol. The highest BCUT2D eigenvalue weighted by molar-refractivity contribution is 5.87. The molecule has 1 aliphatic heterocycles. The number of nitrogens with zero attached hydrogens (tertiary/aromatic N) is 1. The number of hydrogen-bond donors (Lipinski definition) is 6. The zero-order chi connectivity index (χ0) is 38.8. The molecular formula is C46H55N5O5. The summed E-state index contributed by atoms with van der Waals surface area (Å²) in [4.78, 5) is 43.8. The highest BCUT2D eigenvalue weighted by atomic mass is 16.4. The fourth-order valence-electron chi connectivity index (χ4n) is 11.5. The number of allylic oxidation sites excluding steroid dienone is 3. The molecule has 1 fully saturated rings. The van der Waals surface area contributed by atoms with Gasteiger partial charge in [-0.25, -0.2) is 4.79 Å². The van der Waals surface area contributed by atoms with Crippen molar-refractivity contribution in [3.8, 4) is 0 Å². The number of aldehydes is 2. The normalized spacial score (nSPS) is 30.5. The third-order valence-electron chi connectivity index (χ3n) is 13.7. The van der Waals surface area contributed by atoms with Crippen molar-refractivity contribution in [2.24, 2.45) is 46.2 Å². The molecule has 2 aromatic carbocycles. The number of aromatic nitrogens is 1. The number of hydrogen-bond acceptors (Lipinski definition) is 8. The van der Waals surface area contributed by atoms with Gasteiger partial charge in [0.1, 0.15) is 18.4 Å². The van der Waals surface area contributed by atoms with E-state index in [9.17, 15) is 24.6 Å². The summed E-state index contributed by atoms with van der Waals surface area (Å²) in [7, 11) is 0. The number of carboxylic acids is 1. The molecule has 10 heteroatoms. The van der Waals surface area contributed by atoms with Gasteiger partial charge in [-0.15, -0.1) is 0 Å². The van der Waals surface area contributed by atoms with Gasteiger partial charge < -0.3 is 41.2 Å². The summed E-state index contributed by atoms with van der Waals surface area (Å²) in [6, 6.07) is 14.9. The van der Waals surface area contributed by atoms with Gasteiger partial charge in [0.05, 0.1) is 11.6 Å². The van der Waals surface area contributed by atoms with Gasteiger partial charge in [-0.2, -0.15) is 0 Å². The highest BCUT2D eigenvalue weighted by Crippen LogP contribution is 2.67. The van der Waals surface area contributed by atoms with E-state index in [-0.39, 0.29) is 54.1 Å². The molecule has 10 atom stereocenters. The lowest BCUT2D eigenvalue weighted by molar-refractivity contribution is -0.131. The number of aliphatic imine (C=N–C) groups is 1. The van der Waals surface area contributed by atoms with Crippen molar-refractivity contribution in [2.75, 3.05) is 18.5 Å². The number of aliphatic hydroxyl groups is 1. The summed E-state index contributed by atoms with van der Waals surface area (Å²) in [6.07, 6.45) is 23.2. The molecule has 10 nitrogen and oxygen atoms in total. The third kappa shape index (κ3) is 7.12. The van der Waals surface area contributed by atoms with Crippen LogP contribution in [0.3, 0.4) is 0 Å². The van der Waals surface area contributed by atoms with Crippen molar-refractivity contribution in [1.29, 1.82) is 0 Å². The number of H-pyrrole nitrogens is 1. The van der Waals surface area contributed by atoms with Gasteiger partial charge in [0.15, 0.2) is 5.96 Å². The van der Waals surface area contributed by atoms with Gasteiger partial charge in [0.2, 0.25) is 0 Å². The summed E-state index contributed by atoms with van der Waals surface area (Å²) < 4.78 is 0. The molecule has 8 rings (SSSR count). The summed E-state index contributed by atoms with van der Waals surface area (Å²) >= 11 is 0. The lowest BCUT2D eigenvalue weighted by atomic mass is 9.43. The Labute approximate surface area is 328 Å². The first-order valence-corrected chi connectivity index (χ1v) is 20.7. The minimum Gasteiger partial charge on any atom is -0.478 e. The number of aliphatic hydroxyl groups excluding tert-OH is 1. The molecule has 5 aliphatic rings. The zero-order valence-corrected chi connectivity index (χ0v) is 32.0. The van der Waals surface area contributed by atoms with Crippen LogP contribution in [0, 0.1) is 35.5 Å². The van der Waals surface area contributed by atoms with E-state index in [1.54, 1.807) is 0 Å². The Balaban J connectivity index is 1.22. The van der Waals surface area contributed by atoms with Crippen LogP contribution in [0.2, 0.25) is 0 Å². The lowest BCUT2D eigenvalue weighted by Gasteiger charge is -2.63. The largest absolute Gasteiger partial charge is 0.478 e. The van der Waals surface area contributed by atoms with E-state index < -0.39 is 11.5 Å². The molecule has 3 aromatic rings. The second-order valence-corrected chi connectivity index (χ2v) is 16.8. The van der Waals surface area contributed by atoms with Crippen LogP contribution in [-0.2, 0) is 20.8 Å². The Bertz CT molecular complexity index is 2050. The summed E-state index contributed by atoms with van der Waals surface area (Å²) in [5.74, 6) is 1.74. The number of fused-ring (bicyclic) bond motifs is 7. The molecule has 0 radical (unpaired) electrons. The van der Waals surface area contributed by atoms with Crippen molar-refractivity contribution < 1.29 is 24.6 Å². The summed E-state index contributed by atoms with van der Waals surface area (Å²) in [6.45, 7) is 0.628. The molecule has 7 N–H and O–H groups in total. The number of aromatic amines is 1. The van der Waals surface area contributed by atoms with E-state index >= 15 is 0 Å². The van der Waals surface area contributed by atoms with Crippen LogP contribution in [0.4, 0.5) is 5.82 Å². The van der Waals surface area contributed by atoms with Crippen molar-refractivity contribution in [3.63, 3.8) is 0 Å². The van der Waals surface area contributed by atoms with Crippen LogP contribution < -0.4 is 16.4 Å². The maximum Gasteiger partial charge on any atom is 0.328 e. The molecule has 0 amide bonds. The third-order valence-corrected chi connectivity index (χ3v) is 13.7. The van der Waals surface area contributed by atoms with Crippen molar-refractivity contribution in [1.82, 2.24) is 10.3 Å². The fraction of sp³-hybridized carbons (Fsp3) is 0.478. The molecule has 56 heavy (non-hydrogen) atoms. The molecule has 4 aliphatic carbocycles. The monoisotopic (exact) mass is 757 g/mol. The van der Waals surface area contributed by atoms with Crippen LogP contribution >= 0.6 is 0 Å². The smallest absolute Gasteiger partial charge is 0.328 e. The molecule has 1 saturated carbocycles. The predicted octanol–water partition coefficient (Wildman–Crippen LogP) is 6.79. The number of aliphatic carboxylic acids is 1. The van der Waals surface area contributed by atoms with Crippen LogP contribution in [0.1, 0.15) is 86.3 Å². The number of guanidine groups is 1. The van der Waals surface area contributed by atoms with Crippen molar-refractivity contribution in [3.05, 3.63) is 101 Å². The van der Waals surface area contributed by atoms with E-state index in [2.05, 4.69) is 75.2 Å². The molecule has 6 bridgehead atoms. The average Bonchev–Trinajstić information content (AvgIpc) is 3.71. The average molecular weight is 758 g/mol. The SMILES string of the molecule is NC1=NCCC(C(=CC(=O)O)C2(Nc3ccc[nH]3)C=CC3CC2C2C4C=CC(CCCCCC(C=O)CCCO)C2c2cc5cc(CC=O)ccc5cc2C34)N1. The van der Waals surface area contributed by atoms with Crippen LogP contribution in [0.15, 0.2) is 89.6 Å². The molecule has 1 aromatic heterocycles. The Morgan fingerprint density at radius 2 is 1.86 bits per heavy atom. The van der Waals surface area contributed by atoms with Crippen LogP contribution in [-0.4, -0.2) is 64.4 Å². The number of carbonyl (C=O) groups is 3. The van der Waals surface area contributed by atoms with Gasteiger partial charge in [-0.3, -0.25) is 4.99 Å². The van der Waals surface area contributed by atoms with Crippen molar-refractivity contribution >= 4 is 41.1 Å². The summed E-state index contributed by atoms with van der Waals surface area (Å²) in [5.41, 5.74) is 10.0. The lowest BCUT2D eigenvalue weighted by Crippen LogP contribution is -2.62. The number of nitrogens with one attached hydrogen (secondary N) is 3. The van der Waals surface area contributed by atoms with E-state index in [1.165, 1.54) is 22.6 Å². The Kier molecular flexibility index (Phi) is 11.0. The molecule has 0 spiro atoms. The number of rotatable bonds is 17. The highest BCUT2D eigenvalue weighted by Gasteiger charge is 2.61. The van der Waals surface area contributed by atoms with Gasteiger partial charge in [-0.1, -0.05) is 73.9 Å². The van der Waals surface area contributed by atoms with E-state index in [1.807, 2.05) is 18.3 Å². The molecule has 294 valence electrons. The van der Waals surface area contributed by atoms with Gasteiger partial charge >= 0.3 is 5.97 Å². The fourth-order valence-corrected chi connectivity index (χ4v) is 11.5. The number of anilines is 1. The van der Waals surface area contributed by atoms with Crippen LogP contribution in [0.5, 0.6) is 0 Å². The standard InChI is InChI=1S/C46H55N5O5/c47-45-49-19-15-39(50-45)37(26-41(55)56)46(51-40-9-4-18-48-40)17-14-32-25-38(46)44-34-13-12-30(8-3-1-2-6-29(27-54)7-5-20-52)43(44)36-24-33-22-28(16-21-53)10-11-31(33)23-35(36)42(32)34/h4,9-14,17-18,21-24,26-27,29-30,32,34,38-39,42-44,48,51-52H,1-3,5-8,15-16,19-20,25H2,(H,55,56)(H3,47,49,50). The number of unbranched alkanes of at least 4 members (excludes halogenated alkanes) is 2. The maximum atomic E-state index is 12.8. The van der Waals surface area contributed by atoms with E-state index in [0.29, 0.717) is 37.7 Å². The number of benzene rings is 2. The number of nitrogens with two attached hydrogens (primary N) is 1. The van der Waals surface area contributed by atoms with Gasteiger partial charge in [0, 0.05) is 37.8 Å². The second-order valence-electron chi connectivity index (χ2n) is 16.8. The van der Waals surface area contributed by atoms with Crippen LogP contribution in [0.25, 0.3) is 10.8 Å². The molecule has 0 saturated heterocycles. The Morgan fingerprint density at radius 3 is 2.62 bits per heavy atom. The molecule has 10 unspecified atom stereocenters.